The van der Waals surface area contributed by atoms with Crippen LogP contribution in [-0.4, -0.2) is 83.9 Å². The summed E-state index contributed by atoms with van der Waals surface area (Å²) in [5.74, 6) is 7.13. The van der Waals surface area contributed by atoms with Crippen LogP contribution in [0.3, 0.4) is 0 Å². The number of hydrogen-bond acceptors (Lipinski definition) is 15. The van der Waals surface area contributed by atoms with Gasteiger partial charge in [-0.25, -0.2) is 14.8 Å². The van der Waals surface area contributed by atoms with Crippen molar-refractivity contribution in [2.24, 2.45) is 11.7 Å². The molecular formula is C49H60ClN13O4. The Kier molecular flexibility index (Phi) is 15.9. The van der Waals surface area contributed by atoms with Crippen molar-refractivity contribution in [1.29, 1.82) is 0 Å². The lowest BCUT2D eigenvalue weighted by Gasteiger charge is -2.34. The average molecular weight is 931 g/mol. The quantitative estimate of drug-likeness (QED) is 0.0390. The summed E-state index contributed by atoms with van der Waals surface area (Å²) in [5.41, 5.74) is 7.59. The lowest BCUT2D eigenvalue weighted by atomic mass is 9.83. The van der Waals surface area contributed by atoms with Gasteiger partial charge in [0.15, 0.2) is 11.6 Å². The number of rotatable bonds is 14. The van der Waals surface area contributed by atoms with Gasteiger partial charge in [-0.3, -0.25) is 15.0 Å². The minimum absolute atomic E-state index is 0.150. The Morgan fingerprint density at radius 3 is 1.52 bits per heavy atom. The van der Waals surface area contributed by atoms with E-state index >= 15 is 0 Å². The van der Waals surface area contributed by atoms with Crippen LogP contribution in [0.1, 0.15) is 107 Å². The molecule has 10 rings (SSSR count). The number of nitrogens with two attached hydrogens (primary N) is 1. The van der Waals surface area contributed by atoms with Crippen LogP contribution in [0.4, 0.5) is 40.0 Å². The first-order chi connectivity index (χ1) is 32.6. The number of carbonyl (C=O) groups is 2. The molecule has 0 spiro atoms. The third-order valence-corrected chi connectivity index (χ3v) is 12.8. The first-order valence-corrected chi connectivity index (χ1v) is 23.7. The van der Waals surface area contributed by atoms with Gasteiger partial charge in [-0.05, 0) is 119 Å². The fourth-order valence-electron chi connectivity index (χ4n) is 8.48. The molecule has 2 aromatic carbocycles. The smallest absolute Gasteiger partial charge is 0.409 e. The maximum atomic E-state index is 12.3. The molecule has 4 aliphatic rings. The maximum Gasteiger partial charge on any atom is 0.409 e. The highest BCUT2D eigenvalue weighted by molar-refractivity contribution is 6.61. The van der Waals surface area contributed by atoms with Crippen LogP contribution in [0.2, 0.25) is 0 Å². The van der Waals surface area contributed by atoms with Gasteiger partial charge in [0, 0.05) is 98.0 Å². The molecular weight excluding hydrogens is 870 g/mol. The van der Waals surface area contributed by atoms with E-state index in [9.17, 15) is 9.59 Å². The van der Waals surface area contributed by atoms with E-state index in [0.717, 1.165) is 80.6 Å². The monoisotopic (exact) mass is 929 g/mol. The lowest BCUT2D eigenvalue weighted by Crippen LogP contribution is -2.39. The zero-order valence-corrected chi connectivity index (χ0v) is 38.8. The van der Waals surface area contributed by atoms with E-state index < -0.39 is 5.43 Å². The number of carbonyl (C=O) groups excluding carboxylic acids is 2. The second-order valence-corrected chi connectivity index (χ2v) is 18.1. The molecule has 0 atom stereocenters. The third-order valence-electron chi connectivity index (χ3n) is 12.7. The van der Waals surface area contributed by atoms with Gasteiger partial charge in [0.25, 0.3) is 0 Å². The number of esters is 1. The van der Waals surface area contributed by atoms with Gasteiger partial charge in [-0.2, -0.15) is 20.2 Å². The van der Waals surface area contributed by atoms with Crippen molar-refractivity contribution in [2.75, 3.05) is 34.5 Å². The molecule has 4 aromatic heterocycles. The Bertz CT molecular complexity index is 2480. The molecule has 17 nitrogen and oxygen atoms in total. The standard InChI is InChI=1S/C25H30N6O2.C17H25N7.C7H5ClO2/c1-31(19-11-7-17(8-12-19)15-24(32)33-20-5-3-2-4-6-20)25-26-14-13-22(28-25)27-23-16-21(29-30-23)18-9-10-18;1-24(13-6-4-12(18)5-7-13)17-19-9-8-15(21-17)20-16-10-14(22-23-16)11-2-3-11;8-7(9)10-6-4-2-1-3-5-6/h2-6,13-14,16-19H,7-12,15H2,1H3,(H2,26,27,28,29,30);8-13H,2-7,18H2,1H3,(H2,19,20,21,22,23);1-5H. The van der Waals surface area contributed by atoms with E-state index in [-0.39, 0.29) is 5.97 Å². The Morgan fingerprint density at radius 2 is 1.07 bits per heavy atom. The Balaban J connectivity index is 0.000000156. The second kappa shape index (κ2) is 22.7. The summed E-state index contributed by atoms with van der Waals surface area (Å²) >= 11 is 4.95. The van der Waals surface area contributed by atoms with Gasteiger partial charge in [-0.15, -0.1) is 0 Å². The van der Waals surface area contributed by atoms with Crippen LogP contribution in [0, 0.1) is 5.92 Å². The van der Waals surface area contributed by atoms with Gasteiger partial charge >= 0.3 is 11.4 Å². The summed E-state index contributed by atoms with van der Waals surface area (Å²) in [5, 5.41) is 21.4. The fraction of sp³-hybridized carbons (Fsp3) is 0.429. The zero-order chi connectivity index (χ0) is 46.5. The van der Waals surface area contributed by atoms with Crippen molar-refractivity contribution in [2.45, 2.75) is 113 Å². The van der Waals surface area contributed by atoms with E-state index in [2.05, 4.69) is 79.7 Å². The summed E-state index contributed by atoms with van der Waals surface area (Å²) in [6.07, 6.45) is 17.4. The molecule has 4 saturated carbocycles. The van der Waals surface area contributed by atoms with Crippen LogP contribution in [0.15, 0.2) is 97.3 Å². The summed E-state index contributed by atoms with van der Waals surface area (Å²) in [6, 6.07) is 27.0. The number of benzene rings is 2. The molecule has 4 fully saturated rings. The third kappa shape index (κ3) is 14.2. The van der Waals surface area contributed by atoms with E-state index in [4.69, 9.17) is 27.1 Å². The van der Waals surface area contributed by atoms with Crippen molar-refractivity contribution >= 4 is 58.2 Å². The molecule has 0 saturated heterocycles. The maximum absolute atomic E-state index is 12.3. The number of halogens is 1. The van der Waals surface area contributed by atoms with E-state index in [1.165, 1.54) is 37.1 Å². The summed E-state index contributed by atoms with van der Waals surface area (Å²) in [6.45, 7) is 0. The van der Waals surface area contributed by atoms with Crippen LogP contribution in [-0.2, 0) is 4.79 Å². The van der Waals surface area contributed by atoms with Crippen molar-refractivity contribution in [1.82, 2.24) is 40.3 Å². The number of hydrogen-bond donors (Lipinski definition) is 5. The molecule has 67 heavy (non-hydrogen) atoms. The van der Waals surface area contributed by atoms with Crippen molar-refractivity contribution in [3.63, 3.8) is 0 Å². The van der Waals surface area contributed by atoms with E-state index in [1.54, 1.807) is 36.7 Å². The number of ether oxygens (including phenoxy) is 2. The molecule has 352 valence electrons. The average Bonchev–Trinajstić information content (AvgIpc) is 4.29. The molecule has 6 aromatic rings. The first-order valence-electron chi connectivity index (χ1n) is 23.3. The Morgan fingerprint density at radius 1 is 0.627 bits per heavy atom. The van der Waals surface area contributed by atoms with Gasteiger partial charge in [0.1, 0.15) is 23.1 Å². The predicted octanol–water partition coefficient (Wildman–Crippen LogP) is 9.76. The fourth-order valence-corrected chi connectivity index (χ4v) is 8.57. The van der Waals surface area contributed by atoms with Gasteiger partial charge in [-0.1, -0.05) is 36.4 Å². The van der Waals surface area contributed by atoms with Crippen molar-refractivity contribution < 1.29 is 19.1 Å². The zero-order valence-electron chi connectivity index (χ0n) is 38.1. The van der Waals surface area contributed by atoms with Crippen molar-refractivity contribution in [3.05, 3.63) is 109 Å². The topological polar surface area (TPSA) is 218 Å². The first kappa shape index (κ1) is 46.9. The molecule has 6 N–H and O–H groups in total. The number of nitrogens with zero attached hydrogens (tertiary/aromatic N) is 8. The second-order valence-electron chi connectivity index (χ2n) is 17.8. The number of para-hydroxylation sites is 2. The SMILES string of the molecule is CN(c1nccc(Nc2cc(C3CC3)[nH]n2)n1)C1CCC(CC(=O)Oc2ccccc2)CC1.CN(c1nccc(Nc2cc(C3CC3)[nH]n2)n1)C1CCC(N)CC1.O=C(Cl)Oc1ccccc1. The minimum atomic E-state index is -0.814. The highest BCUT2D eigenvalue weighted by Crippen LogP contribution is 2.40. The highest BCUT2D eigenvalue weighted by Gasteiger charge is 2.29. The number of nitrogens with one attached hydrogen (secondary N) is 4. The number of aromatic amines is 2. The summed E-state index contributed by atoms with van der Waals surface area (Å²) in [7, 11) is 4.12. The molecule has 0 aliphatic heterocycles. The minimum Gasteiger partial charge on any atom is -0.427 e. The predicted molar refractivity (Wildman–Crippen MR) is 260 cm³/mol. The number of aromatic nitrogens is 8. The lowest BCUT2D eigenvalue weighted by molar-refractivity contribution is -0.135. The number of H-pyrrole nitrogens is 2. The van der Waals surface area contributed by atoms with E-state index in [1.807, 2.05) is 55.6 Å². The largest absolute Gasteiger partial charge is 0.427 e. The van der Waals surface area contributed by atoms with E-state index in [0.29, 0.717) is 59.7 Å². The Hall–Kier alpha value is -6.59. The van der Waals surface area contributed by atoms with Gasteiger partial charge in [0.05, 0.1) is 0 Å². The molecule has 0 radical (unpaired) electrons. The normalized spacial score (nSPS) is 19.9. The van der Waals surface area contributed by atoms with Gasteiger partial charge in [0.2, 0.25) is 11.9 Å². The highest BCUT2D eigenvalue weighted by atomic mass is 35.5. The van der Waals surface area contributed by atoms with Crippen LogP contribution in [0.25, 0.3) is 0 Å². The van der Waals surface area contributed by atoms with Crippen molar-refractivity contribution in [3.8, 4) is 11.5 Å². The van der Waals surface area contributed by atoms with Crippen LogP contribution < -0.4 is 35.6 Å². The summed E-state index contributed by atoms with van der Waals surface area (Å²) < 4.78 is 10.00. The van der Waals surface area contributed by atoms with Gasteiger partial charge < -0.3 is 35.6 Å². The molecule has 0 unspecified atom stereocenters. The molecule has 0 amide bonds. The van der Waals surface area contributed by atoms with Crippen LogP contribution in [0.5, 0.6) is 11.5 Å². The molecule has 0 bridgehead atoms. The molecule has 4 heterocycles. The molecule has 18 heteroatoms. The van der Waals surface area contributed by atoms with Crippen LogP contribution >= 0.6 is 11.6 Å². The molecule has 4 aliphatic carbocycles. The summed E-state index contributed by atoms with van der Waals surface area (Å²) in [4.78, 5) is 45.0. The number of anilines is 6. The Labute approximate surface area is 396 Å².